The monoisotopic (exact) mass is 346 g/mol. The van der Waals surface area contributed by atoms with Gasteiger partial charge in [-0.1, -0.05) is 116 Å². The van der Waals surface area contributed by atoms with E-state index in [2.05, 4.69) is 116 Å². The summed E-state index contributed by atoms with van der Waals surface area (Å²) in [5, 5.41) is 0. The van der Waals surface area contributed by atoms with Crippen molar-refractivity contribution in [1.82, 2.24) is 0 Å². The molecule has 0 fully saturated rings. The van der Waals surface area contributed by atoms with Gasteiger partial charge in [0.05, 0.1) is 0 Å². The SMILES string of the molecule is CC(c1ccccc1)(c1ccccc1)C1c2ccccc2-c2ccccc21. The Morgan fingerprint density at radius 2 is 0.852 bits per heavy atom. The van der Waals surface area contributed by atoms with Crippen molar-refractivity contribution in [2.45, 2.75) is 18.3 Å². The van der Waals surface area contributed by atoms with Crippen LogP contribution in [0.15, 0.2) is 109 Å². The van der Waals surface area contributed by atoms with Gasteiger partial charge >= 0.3 is 0 Å². The molecule has 1 aliphatic carbocycles. The summed E-state index contributed by atoms with van der Waals surface area (Å²) in [7, 11) is 0. The standard InChI is InChI=1S/C27H22/c1-27(20-12-4-2-5-13-20,21-14-6-3-7-15-21)26-24-18-10-8-16-22(24)23-17-9-11-19-25(23)26/h2-19,26H,1H3. The molecule has 0 aliphatic heterocycles. The minimum Gasteiger partial charge on any atom is -0.0622 e. The molecule has 0 saturated heterocycles. The Labute approximate surface area is 161 Å². The van der Waals surface area contributed by atoms with Crippen molar-refractivity contribution in [1.29, 1.82) is 0 Å². The van der Waals surface area contributed by atoms with Crippen LogP contribution >= 0.6 is 0 Å². The Kier molecular flexibility index (Phi) is 3.72. The normalized spacial score (nSPS) is 13.2. The zero-order chi connectivity index (χ0) is 18.3. The van der Waals surface area contributed by atoms with E-state index >= 15 is 0 Å². The van der Waals surface area contributed by atoms with Gasteiger partial charge in [0.1, 0.15) is 0 Å². The van der Waals surface area contributed by atoms with Crippen LogP contribution in [-0.2, 0) is 5.41 Å². The second-order valence-corrected chi connectivity index (χ2v) is 7.54. The first-order valence-corrected chi connectivity index (χ1v) is 9.59. The van der Waals surface area contributed by atoms with Gasteiger partial charge < -0.3 is 0 Å². The molecule has 0 heterocycles. The van der Waals surface area contributed by atoms with E-state index in [1.165, 1.54) is 33.4 Å². The van der Waals surface area contributed by atoms with Crippen LogP contribution in [0.4, 0.5) is 0 Å². The fourth-order valence-corrected chi connectivity index (χ4v) is 4.85. The van der Waals surface area contributed by atoms with E-state index in [4.69, 9.17) is 0 Å². The van der Waals surface area contributed by atoms with Crippen LogP contribution in [0.2, 0.25) is 0 Å². The third kappa shape index (κ3) is 2.37. The Hall–Kier alpha value is -3.12. The van der Waals surface area contributed by atoms with Crippen molar-refractivity contribution >= 4 is 0 Å². The molecular formula is C27H22. The van der Waals surface area contributed by atoms with Gasteiger partial charge in [0.2, 0.25) is 0 Å². The number of fused-ring (bicyclic) bond motifs is 3. The van der Waals surface area contributed by atoms with Gasteiger partial charge in [-0.15, -0.1) is 0 Å². The molecule has 0 spiro atoms. The molecule has 0 unspecified atom stereocenters. The average molecular weight is 346 g/mol. The minimum absolute atomic E-state index is 0.148. The van der Waals surface area contributed by atoms with Crippen molar-refractivity contribution in [3.05, 3.63) is 131 Å². The summed E-state index contributed by atoms with van der Waals surface area (Å²) in [4.78, 5) is 0. The van der Waals surface area contributed by atoms with Crippen LogP contribution in [0.25, 0.3) is 11.1 Å². The summed E-state index contributed by atoms with van der Waals surface area (Å²) in [5.74, 6) is 0.287. The maximum Gasteiger partial charge on any atom is 0.0284 e. The number of benzene rings is 4. The van der Waals surface area contributed by atoms with E-state index in [0.717, 1.165) is 0 Å². The van der Waals surface area contributed by atoms with E-state index in [1.807, 2.05) is 0 Å². The highest BCUT2D eigenvalue weighted by Gasteiger charge is 2.44. The van der Waals surface area contributed by atoms with Crippen LogP contribution in [-0.4, -0.2) is 0 Å². The van der Waals surface area contributed by atoms with Gasteiger partial charge in [0.25, 0.3) is 0 Å². The van der Waals surface area contributed by atoms with Crippen molar-refractivity contribution in [3.63, 3.8) is 0 Å². The molecule has 130 valence electrons. The quantitative estimate of drug-likeness (QED) is 0.382. The number of hydrogen-bond donors (Lipinski definition) is 0. The molecule has 0 amide bonds. The minimum atomic E-state index is -0.148. The molecule has 1 aliphatic rings. The fourth-order valence-electron chi connectivity index (χ4n) is 4.85. The molecule has 0 atom stereocenters. The van der Waals surface area contributed by atoms with Crippen LogP contribution in [0.3, 0.4) is 0 Å². The van der Waals surface area contributed by atoms with Crippen LogP contribution in [0, 0.1) is 0 Å². The van der Waals surface area contributed by atoms with E-state index in [0.29, 0.717) is 0 Å². The van der Waals surface area contributed by atoms with Gasteiger partial charge in [-0.3, -0.25) is 0 Å². The summed E-state index contributed by atoms with van der Waals surface area (Å²) in [6, 6.07) is 39.7. The molecule has 0 aromatic heterocycles. The molecule has 4 aromatic carbocycles. The first-order valence-electron chi connectivity index (χ1n) is 9.59. The molecule has 0 heteroatoms. The second kappa shape index (κ2) is 6.25. The second-order valence-electron chi connectivity index (χ2n) is 7.54. The summed E-state index contributed by atoms with van der Waals surface area (Å²) in [6.45, 7) is 2.40. The zero-order valence-corrected chi connectivity index (χ0v) is 15.5. The summed E-state index contributed by atoms with van der Waals surface area (Å²) < 4.78 is 0. The molecule has 4 aromatic rings. The van der Waals surface area contributed by atoms with Gasteiger partial charge in [-0.25, -0.2) is 0 Å². The molecule has 0 N–H and O–H groups in total. The highest BCUT2D eigenvalue weighted by molar-refractivity contribution is 5.80. The molecule has 27 heavy (non-hydrogen) atoms. The molecule has 0 bridgehead atoms. The van der Waals surface area contributed by atoms with E-state index in [9.17, 15) is 0 Å². The summed E-state index contributed by atoms with van der Waals surface area (Å²) in [5.41, 5.74) is 8.15. The highest BCUT2D eigenvalue weighted by Crippen LogP contribution is 2.55. The highest BCUT2D eigenvalue weighted by atomic mass is 14.5. The lowest BCUT2D eigenvalue weighted by atomic mass is 9.64. The fraction of sp³-hybridized carbons (Fsp3) is 0.111. The summed E-state index contributed by atoms with van der Waals surface area (Å²) >= 11 is 0. The average Bonchev–Trinajstić information content (AvgIpc) is 3.09. The Balaban J connectivity index is 1.84. The Morgan fingerprint density at radius 3 is 1.30 bits per heavy atom. The van der Waals surface area contributed by atoms with Gasteiger partial charge in [0.15, 0.2) is 0 Å². The van der Waals surface area contributed by atoms with E-state index < -0.39 is 0 Å². The van der Waals surface area contributed by atoms with Crippen molar-refractivity contribution in [2.24, 2.45) is 0 Å². The zero-order valence-electron chi connectivity index (χ0n) is 15.5. The molecule has 0 radical (unpaired) electrons. The van der Waals surface area contributed by atoms with Crippen molar-refractivity contribution in [2.75, 3.05) is 0 Å². The smallest absolute Gasteiger partial charge is 0.0284 e. The third-order valence-electron chi connectivity index (χ3n) is 6.16. The third-order valence-corrected chi connectivity index (χ3v) is 6.16. The van der Waals surface area contributed by atoms with Gasteiger partial charge in [0, 0.05) is 11.3 Å². The Morgan fingerprint density at radius 1 is 0.481 bits per heavy atom. The van der Waals surface area contributed by atoms with Crippen LogP contribution < -0.4 is 0 Å². The van der Waals surface area contributed by atoms with Crippen molar-refractivity contribution in [3.8, 4) is 11.1 Å². The number of rotatable bonds is 3. The molecule has 0 nitrogen and oxygen atoms in total. The van der Waals surface area contributed by atoms with E-state index in [-0.39, 0.29) is 11.3 Å². The van der Waals surface area contributed by atoms with E-state index in [1.54, 1.807) is 0 Å². The predicted molar refractivity (Wildman–Crippen MR) is 113 cm³/mol. The lowest BCUT2D eigenvalue weighted by Crippen LogP contribution is -2.31. The van der Waals surface area contributed by atoms with Gasteiger partial charge in [-0.2, -0.15) is 0 Å². The topological polar surface area (TPSA) is 0 Å². The van der Waals surface area contributed by atoms with Crippen LogP contribution in [0.1, 0.15) is 35.1 Å². The lowest BCUT2D eigenvalue weighted by Gasteiger charge is -2.38. The van der Waals surface area contributed by atoms with Gasteiger partial charge in [-0.05, 0) is 33.4 Å². The number of hydrogen-bond acceptors (Lipinski definition) is 0. The first-order chi connectivity index (χ1) is 13.3. The maximum atomic E-state index is 2.40. The largest absolute Gasteiger partial charge is 0.0622 e. The lowest BCUT2D eigenvalue weighted by molar-refractivity contribution is 0.505. The molecular weight excluding hydrogens is 324 g/mol. The predicted octanol–water partition coefficient (Wildman–Crippen LogP) is 6.81. The maximum absolute atomic E-state index is 2.40. The first kappa shape index (κ1) is 16.1. The summed E-state index contributed by atoms with van der Waals surface area (Å²) in [6.07, 6.45) is 0. The van der Waals surface area contributed by atoms with Crippen LogP contribution in [0.5, 0.6) is 0 Å². The van der Waals surface area contributed by atoms with Crippen molar-refractivity contribution < 1.29 is 0 Å². The Bertz CT molecular complexity index is 992. The molecule has 0 saturated carbocycles. The molecule has 5 rings (SSSR count).